The third-order valence-corrected chi connectivity index (χ3v) is 3.74. The zero-order chi connectivity index (χ0) is 15.4. The monoisotopic (exact) mass is 288 g/mol. The predicted octanol–water partition coefficient (Wildman–Crippen LogP) is 4.03. The second-order valence-electron chi connectivity index (χ2n) is 5.66. The lowest BCUT2D eigenvalue weighted by Crippen LogP contribution is -1.94. The molecule has 0 aromatic heterocycles. The molecule has 0 fully saturated rings. The molecule has 0 saturated heterocycles. The standard InChI is InChI=1S/C20H20N2/c21-19-9-7-15(8-10-19)11-16-3-1-4-17(12-16)13-18-5-2-6-20(22)14-18/h1-10,12,14H,11,13,21-22H2. The van der Waals surface area contributed by atoms with Crippen molar-refractivity contribution < 1.29 is 0 Å². The molecule has 3 aromatic rings. The zero-order valence-corrected chi connectivity index (χ0v) is 12.5. The molecule has 0 aliphatic rings. The van der Waals surface area contributed by atoms with Gasteiger partial charge in [-0.05, 0) is 59.4 Å². The van der Waals surface area contributed by atoms with Gasteiger partial charge < -0.3 is 11.5 Å². The SMILES string of the molecule is Nc1ccc(Cc2cccc(Cc3cccc(N)c3)c2)cc1. The zero-order valence-electron chi connectivity index (χ0n) is 12.5. The molecule has 2 heteroatoms. The first-order valence-corrected chi connectivity index (χ1v) is 7.46. The third kappa shape index (κ3) is 3.67. The van der Waals surface area contributed by atoms with Crippen molar-refractivity contribution in [1.82, 2.24) is 0 Å². The van der Waals surface area contributed by atoms with Crippen LogP contribution in [0.1, 0.15) is 22.3 Å². The van der Waals surface area contributed by atoms with E-state index in [1.807, 2.05) is 30.3 Å². The van der Waals surface area contributed by atoms with E-state index in [-0.39, 0.29) is 0 Å². The van der Waals surface area contributed by atoms with Crippen LogP contribution in [0.5, 0.6) is 0 Å². The topological polar surface area (TPSA) is 52.0 Å². The Morgan fingerprint density at radius 3 is 1.68 bits per heavy atom. The molecule has 0 spiro atoms. The minimum Gasteiger partial charge on any atom is -0.399 e. The fourth-order valence-electron chi connectivity index (χ4n) is 2.66. The van der Waals surface area contributed by atoms with E-state index in [0.717, 1.165) is 24.2 Å². The van der Waals surface area contributed by atoms with Crippen molar-refractivity contribution in [2.24, 2.45) is 0 Å². The van der Waals surface area contributed by atoms with Crippen LogP contribution in [0.2, 0.25) is 0 Å². The first-order chi connectivity index (χ1) is 10.7. The molecule has 0 heterocycles. The van der Waals surface area contributed by atoms with Gasteiger partial charge in [0.1, 0.15) is 0 Å². The number of hydrogen-bond acceptors (Lipinski definition) is 2. The molecule has 0 radical (unpaired) electrons. The summed E-state index contributed by atoms with van der Waals surface area (Å²) in [5, 5.41) is 0. The summed E-state index contributed by atoms with van der Waals surface area (Å²) in [4.78, 5) is 0. The highest BCUT2D eigenvalue weighted by Gasteiger charge is 2.01. The van der Waals surface area contributed by atoms with E-state index >= 15 is 0 Å². The molecule has 0 amide bonds. The Bertz CT molecular complexity index is 761. The van der Waals surface area contributed by atoms with Crippen LogP contribution in [0.25, 0.3) is 0 Å². The van der Waals surface area contributed by atoms with E-state index in [9.17, 15) is 0 Å². The average molecular weight is 288 g/mol. The molecule has 0 saturated carbocycles. The fourth-order valence-corrected chi connectivity index (χ4v) is 2.66. The van der Waals surface area contributed by atoms with Gasteiger partial charge in [0.25, 0.3) is 0 Å². The van der Waals surface area contributed by atoms with E-state index < -0.39 is 0 Å². The van der Waals surface area contributed by atoms with Crippen molar-refractivity contribution >= 4 is 11.4 Å². The van der Waals surface area contributed by atoms with Crippen molar-refractivity contribution in [1.29, 1.82) is 0 Å². The maximum Gasteiger partial charge on any atom is 0.0316 e. The van der Waals surface area contributed by atoms with Crippen LogP contribution in [0.3, 0.4) is 0 Å². The number of hydrogen-bond donors (Lipinski definition) is 2. The van der Waals surface area contributed by atoms with Gasteiger partial charge in [0.15, 0.2) is 0 Å². The number of rotatable bonds is 4. The molecule has 0 aliphatic heterocycles. The van der Waals surface area contributed by atoms with E-state index in [2.05, 4.69) is 42.5 Å². The highest BCUT2D eigenvalue weighted by Crippen LogP contribution is 2.16. The van der Waals surface area contributed by atoms with E-state index in [1.54, 1.807) is 0 Å². The van der Waals surface area contributed by atoms with Gasteiger partial charge >= 0.3 is 0 Å². The summed E-state index contributed by atoms with van der Waals surface area (Å²) >= 11 is 0. The molecule has 0 atom stereocenters. The van der Waals surface area contributed by atoms with Crippen LogP contribution in [0, 0.1) is 0 Å². The Labute approximate surface area is 131 Å². The highest BCUT2D eigenvalue weighted by atomic mass is 14.5. The summed E-state index contributed by atoms with van der Waals surface area (Å²) in [5.74, 6) is 0. The molecule has 3 aromatic carbocycles. The lowest BCUT2D eigenvalue weighted by molar-refractivity contribution is 1.14. The van der Waals surface area contributed by atoms with Crippen LogP contribution in [-0.4, -0.2) is 0 Å². The van der Waals surface area contributed by atoms with E-state index in [1.165, 1.54) is 22.3 Å². The van der Waals surface area contributed by atoms with Gasteiger partial charge in [-0.15, -0.1) is 0 Å². The second-order valence-corrected chi connectivity index (χ2v) is 5.66. The van der Waals surface area contributed by atoms with Gasteiger partial charge in [-0.25, -0.2) is 0 Å². The largest absolute Gasteiger partial charge is 0.399 e. The molecule has 0 unspecified atom stereocenters. The second kappa shape index (κ2) is 6.35. The number of anilines is 2. The van der Waals surface area contributed by atoms with Crippen molar-refractivity contribution in [3.05, 3.63) is 95.1 Å². The highest BCUT2D eigenvalue weighted by molar-refractivity contribution is 5.43. The summed E-state index contributed by atoms with van der Waals surface area (Å²) in [5.41, 5.74) is 18.3. The summed E-state index contributed by atoms with van der Waals surface area (Å²) in [6.07, 6.45) is 1.83. The van der Waals surface area contributed by atoms with Gasteiger partial charge in [0.05, 0.1) is 0 Å². The van der Waals surface area contributed by atoms with Crippen molar-refractivity contribution in [2.45, 2.75) is 12.8 Å². The molecular weight excluding hydrogens is 268 g/mol. The summed E-state index contributed by atoms with van der Waals surface area (Å²) in [7, 11) is 0. The van der Waals surface area contributed by atoms with Gasteiger partial charge in [-0.3, -0.25) is 0 Å². The number of benzene rings is 3. The molecule has 0 aliphatic carbocycles. The van der Waals surface area contributed by atoms with Gasteiger partial charge in [0.2, 0.25) is 0 Å². The first kappa shape index (κ1) is 14.2. The lowest BCUT2D eigenvalue weighted by atomic mass is 9.99. The number of nitrogen functional groups attached to an aromatic ring is 2. The maximum atomic E-state index is 5.85. The predicted molar refractivity (Wildman–Crippen MR) is 93.8 cm³/mol. The first-order valence-electron chi connectivity index (χ1n) is 7.46. The Hall–Kier alpha value is -2.74. The molecule has 110 valence electrons. The minimum absolute atomic E-state index is 0.805. The van der Waals surface area contributed by atoms with E-state index in [0.29, 0.717) is 0 Å². The minimum atomic E-state index is 0.805. The molecule has 0 bridgehead atoms. The van der Waals surface area contributed by atoms with Gasteiger partial charge in [0, 0.05) is 11.4 Å². The molecular formula is C20H20N2. The normalized spacial score (nSPS) is 10.5. The lowest BCUT2D eigenvalue weighted by Gasteiger charge is -2.07. The fraction of sp³-hybridized carbons (Fsp3) is 0.100. The summed E-state index contributed by atoms with van der Waals surface area (Å²) < 4.78 is 0. The average Bonchev–Trinajstić information content (AvgIpc) is 2.50. The van der Waals surface area contributed by atoms with Crippen LogP contribution in [0.15, 0.2) is 72.8 Å². The quantitative estimate of drug-likeness (QED) is 0.712. The van der Waals surface area contributed by atoms with Gasteiger partial charge in [-0.1, -0.05) is 48.5 Å². The van der Waals surface area contributed by atoms with Crippen LogP contribution >= 0.6 is 0 Å². The summed E-state index contributed by atoms with van der Waals surface area (Å²) in [6.45, 7) is 0. The van der Waals surface area contributed by atoms with E-state index in [4.69, 9.17) is 11.5 Å². The van der Waals surface area contributed by atoms with Crippen molar-refractivity contribution in [3.8, 4) is 0 Å². The Kier molecular flexibility index (Phi) is 4.10. The van der Waals surface area contributed by atoms with Crippen molar-refractivity contribution in [3.63, 3.8) is 0 Å². The molecule has 22 heavy (non-hydrogen) atoms. The Morgan fingerprint density at radius 2 is 1.05 bits per heavy atom. The maximum absolute atomic E-state index is 5.85. The van der Waals surface area contributed by atoms with Gasteiger partial charge in [-0.2, -0.15) is 0 Å². The summed E-state index contributed by atoms with van der Waals surface area (Å²) in [6, 6.07) is 24.8. The molecule has 2 nitrogen and oxygen atoms in total. The van der Waals surface area contributed by atoms with Crippen LogP contribution in [0.4, 0.5) is 11.4 Å². The van der Waals surface area contributed by atoms with Crippen molar-refractivity contribution in [2.75, 3.05) is 11.5 Å². The molecule has 3 rings (SSSR count). The Balaban J connectivity index is 1.76. The third-order valence-electron chi connectivity index (χ3n) is 3.74. The smallest absolute Gasteiger partial charge is 0.0316 e. The number of nitrogens with two attached hydrogens (primary N) is 2. The molecule has 4 N–H and O–H groups in total. The Morgan fingerprint density at radius 1 is 0.500 bits per heavy atom. The van der Waals surface area contributed by atoms with Crippen LogP contribution in [-0.2, 0) is 12.8 Å². The van der Waals surface area contributed by atoms with Crippen LogP contribution < -0.4 is 11.5 Å².